The Morgan fingerprint density at radius 3 is 2.34 bits per heavy atom. The van der Waals surface area contributed by atoms with Crippen molar-refractivity contribution in [2.24, 2.45) is 5.73 Å². The molecule has 3 rings (SSSR count). The molecule has 35 heavy (non-hydrogen) atoms. The fourth-order valence-electron chi connectivity index (χ4n) is 3.99. The third-order valence-electron chi connectivity index (χ3n) is 5.77. The van der Waals surface area contributed by atoms with Crippen LogP contribution in [0.2, 0.25) is 0 Å². The maximum absolute atomic E-state index is 13.2. The van der Waals surface area contributed by atoms with Gasteiger partial charge in [0.2, 0.25) is 23.6 Å². The van der Waals surface area contributed by atoms with E-state index in [0.717, 1.165) is 0 Å². The number of carbonyl (C=O) groups is 5. The second-order valence-electron chi connectivity index (χ2n) is 8.60. The average molecular weight is 518 g/mol. The molecule has 0 bridgehead atoms. The van der Waals surface area contributed by atoms with Crippen LogP contribution in [-0.4, -0.2) is 80.0 Å². The number of nitrogens with one attached hydrogen (secondary N) is 3. The molecule has 1 aromatic rings. The van der Waals surface area contributed by atoms with Gasteiger partial charge in [0.1, 0.15) is 29.2 Å². The minimum atomic E-state index is -1.28. The second-order valence-corrected chi connectivity index (χ2v) is 10.4. The number of hydrogen-bond donors (Lipinski definition) is 6. The Balaban J connectivity index is 0.00000324. The summed E-state index contributed by atoms with van der Waals surface area (Å²) in [7, 11) is 1.40. The molecule has 5 atom stereocenters. The van der Waals surface area contributed by atoms with E-state index in [0.29, 0.717) is 5.56 Å². The number of phenolic OH excluding ortho intramolecular Hbond substituents is 1. The molecule has 2 aliphatic heterocycles. The fourth-order valence-corrected chi connectivity index (χ4v) is 5.62. The van der Waals surface area contributed by atoms with E-state index in [1.165, 1.54) is 48.0 Å². The van der Waals surface area contributed by atoms with Crippen LogP contribution in [-0.2, 0) is 24.0 Å². The summed E-state index contributed by atoms with van der Waals surface area (Å²) in [4.78, 5) is 62.9. The Hall–Kier alpha value is -2.32. The van der Waals surface area contributed by atoms with E-state index in [2.05, 4.69) is 16.0 Å². The smallest absolute Gasteiger partial charge is 1.00 e. The molecule has 2 fully saturated rings. The van der Waals surface area contributed by atoms with Crippen LogP contribution < -0.4 is 51.2 Å². The molecular formula is C21H28N5NaO7S. The third kappa shape index (κ3) is 5.92. The predicted octanol–water partition coefficient (Wildman–Crippen LogP) is -4.24. The predicted molar refractivity (Wildman–Crippen MR) is 122 cm³/mol. The van der Waals surface area contributed by atoms with Crippen molar-refractivity contribution < 1.29 is 65.2 Å². The molecule has 14 heteroatoms. The molecule has 1 aromatic carbocycles. The van der Waals surface area contributed by atoms with E-state index in [9.17, 15) is 34.2 Å². The van der Waals surface area contributed by atoms with Crippen molar-refractivity contribution >= 4 is 41.4 Å². The molecule has 2 saturated heterocycles. The zero-order valence-corrected chi connectivity index (χ0v) is 22.6. The monoisotopic (exact) mass is 517 g/mol. The number of hydrogen-bond acceptors (Lipinski definition) is 8. The van der Waals surface area contributed by atoms with E-state index < -0.39 is 63.9 Å². The van der Waals surface area contributed by atoms with Gasteiger partial charge in [0.25, 0.3) is 0 Å². The van der Waals surface area contributed by atoms with Crippen LogP contribution in [0.1, 0.15) is 33.3 Å². The van der Waals surface area contributed by atoms with Gasteiger partial charge in [-0.3, -0.25) is 19.2 Å². The molecule has 7 N–H and O–H groups in total. The molecule has 2 heterocycles. The summed E-state index contributed by atoms with van der Waals surface area (Å²) in [6, 6.07) is 0.997. The van der Waals surface area contributed by atoms with Gasteiger partial charge in [-0.25, -0.2) is 4.79 Å². The fraction of sp³-hybridized carbons (Fsp3) is 0.476. The number of benzene rings is 1. The van der Waals surface area contributed by atoms with Gasteiger partial charge in [0, 0.05) is 11.8 Å². The van der Waals surface area contributed by atoms with Gasteiger partial charge in [-0.2, -0.15) is 0 Å². The Kier molecular flexibility index (Phi) is 9.22. The molecule has 0 aromatic heterocycles. The number of rotatable bonds is 8. The number of carboxylic acids is 1. The first-order valence-electron chi connectivity index (χ1n) is 10.5. The number of aliphatic carboxylic acids is 1. The molecule has 0 radical (unpaired) electrons. The molecule has 4 amide bonds. The van der Waals surface area contributed by atoms with Crippen molar-refractivity contribution in [1.29, 1.82) is 0 Å². The van der Waals surface area contributed by atoms with Crippen LogP contribution in [0.15, 0.2) is 24.3 Å². The second kappa shape index (κ2) is 11.2. The van der Waals surface area contributed by atoms with Gasteiger partial charge >= 0.3 is 35.5 Å². The Morgan fingerprint density at radius 2 is 1.80 bits per heavy atom. The van der Waals surface area contributed by atoms with E-state index in [4.69, 9.17) is 5.73 Å². The first-order chi connectivity index (χ1) is 15.9. The van der Waals surface area contributed by atoms with Crippen molar-refractivity contribution in [1.82, 2.24) is 20.9 Å². The molecule has 0 aliphatic carbocycles. The summed E-state index contributed by atoms with van der Waals surface area (Å²) in [6.45, 7) is 3.43. The Bertz CT molecular complexity index is 1030. The van der Waals surface area contributed by atoms with Crippen molar-refractivity contribution in [2.75, 3.05) is 7.05 Å². The van der Waals surface area contributed by atoms with E-state index in [1.807, 2.05) is 0 Å². The van der Waals surface area contributed by atoms with Gasteiger partial charge in [0.05, 0.1) is 12.5 Å². The van der Waals surface area contributed by atoms with Gasteiger partial charge in [-0.1, -0.05) is 12.1 Å². The van der Waals surface area contributed by atoms with Crippen molar-refractivity contribution in [2.45, 2.75) is 54.6 Å². The van der Waals surface area contributed by atoms with Gasteiger partial charge in [-0.15, -0.1) is 11.8 Å². The first kappa shape index (κ1) is 28.9. The Labute approximate surface area is 229 Å². The summed E-state index contributed by atoms with van der Waals surface area (Å²) < 4.78 is -0.761. The van der Waals surface area contributed by atoms with E-state index in [1.54, 1.807) is 13.8 Å². The van der Waals surface area contributed by atoms with Gasteiger partial charge in [0.15, 0.2) is 0 Å². The number of fused-ring (bicyclic) bond motifs is 1. The number of carboxylic acid groups (broad SMARTS) is 1. The van der Waals surface area contributed by atoms with Crippen LogP contribution in [0.5, 0.6) is 5.75 Å². The normalized spacial score (nSPS) is 23.6. The number of carbonyl (C=O) groups excluding carboxylic acids is 4. The SMILES string of the molecule is CNC(=O)CC(N)C(=O)NC(C(=O)N[C@@H]1C(=O)N2[C@@H]1SC(C)(C)[C@@H]2C(=O)O)c1ccc(O)cc1.[H-].[Na+]. The molecule has 2 aliphatic rings. The van der Waals surface area contributed by atoms with Crippen molar-refractivity contribution in [3.63, 3.8) is 0 Å². The number of aromatic hydroxyl groups is 1. The summed E-state index contributed by atoms with van der Waals surface area (Å²) in [5.41, 5.74) is 6.09. The van der Waals surface area contributed by atoms with Crippen LogP contribution in [0.25, 0.3) is 0 Å². The Morgan fingerprint density at radius 1 is 1.20 bits per heavy atom. The number of nitrogens with two attached hydrogens (primary N) is 1. The number of β-lactam (4-membered cyclic amide) rings is 1. The number of phenols is 1. The summed E-state index contributed by atoms with van der Waals surface area (Å²) in [6.07, 6.45) is -0.299. The third-order valence-corrected chi connectivity index (χ3v) is 7.34. The van der Waals surface area contributed by atoms with E-state index in [-0.39, 0.29) is 43.2 Å². The minimum absolute atomic E-state index is 0. The summed E-state index contributed by atoms with van der Waals surface area (Å²) in [5, 5.41) is 26.0. The minimum Gasteiger partial charge on any atom is -1.00 e. The zero-order chi connectivity index (χ0) is 25.4. The number of thioether (sulfide) groups is 1. The maximum atomic E-state index is 13.2. The van der Waals surface area contributed by atoms with Crippen LogP contribution in [0, 0.1) is 0 Å². The number of nitrogens with zero attached hydrogens (tertiary/aromatic N) is 1. The van der Waals surface area contributed by atoms with E-state index >= 15 is 0 Å². The summed E-state index contributed by atoms with van der Waals surface area (Å²) >= 11 is 1.27. The first-order valence-corrected chi connectivity index (χ1v) is 11.3. The topological polar surface area (TPSA) is 191 Å². The average Bonchev–Trinajstić information content (AvgIpc) is 3.03. The van der Waals surface area contributed by atoms with Gasteiger partial charge < -0.3 is 38.2 Å². The van der Waals surface area contributed by atoms with Crippen molar-refractivity contribution in [3.05, 3.63) is 29.8 Å². The standard InChI is InChI=1S/C21H27N5O7S.Na.H/c1-21(2)15(20(32)33)26-18(31)14(19(26)34-21)25-17(30)13(9-4-6-10(27)7-5-9)24-16(29)11(22)8-12(28)23-3;;/h4-7,11,13-15,19,27H,8,22H2,1-3H3,(H,23,28)(H,24,29)(H,25,30)(H,32,33);;/q;+1;-1/t11?,13?,14-,15+,19-;;/m1../s1. The molecule has 0 saturated carbocycles. The molecule has 0 spiro atoms. The van der Waals surface area contributed by atoms with Gasteiger partial charge in [-0.05, 0) is 31.5 Å². The molecular weight excluding hydrogens is 489 g/mol. The quantitative estimate of drug-likeness (QED) is 0.146. The van der Waals surface area contributed by atoms with Crippen LogP contribution in [0.3, 0.4) is 0 Å². The van der Waals surface area contributed by atoms with Crippen LogP contribution in [0.4, 0.5) is 0 Å². The maximum Gasteiger partial charge on any atom is 1.00 e. The van der Waals surface area contributed by atoms with Crippen molar-refractivity contribution in [3.8, 4) is 5.75 Å². The molecule has 2 unspecified atom stereocenters. The molecule has 12 nitrogen and oxygen atoms in total. The summed E-state index contributed by atoms with van der Waals surface area (Å²) in [5.74, 6) is -3.66. The van der Waals surface area contributed by atoms with Crippen LogP contribution >= 0.6 is 11.8 Å². The zero-order valence-electron chi connectivity index (χ0n) is 20.8. The number of amides is 4. The largest absolute Gasteiger partial charge is 1.00 e. The molecule has 186 valence electrons.